The van der Waals surface area contributed by atoms with Gasteiger partial charge in [-0.05, 0) is 24.4 Å². The fourth-order valence-corrected chi connectivity index (χ4v) is 1.76. The van der Waals surface area contributed by atoms with E-state index in [1.807, 2.05) is 0 Å². The van der Waals surface area contributed by atoms with Gasteiger partial charge in [0, 0.05) is 6.54 Å². The highest BCUT2D eigenvalue weighted by Crippen LogP contribution is 2.07. The SMILES string of the molecule is Oc1cn(N2CCNC2=S)c(=S)[nH]1. The summed E-state index contributed by atoms with van der Waals surface area (Å²) in [6.07, 6.45) is 1.50. The molecular weight excluding hydrogens is 208 g/mol. The molecule has 0 radical (unpaired) electrons. The van der Waals surface area contributed by atoms with Crippen LogP contribution < -0.4 is 10.3 Å². The molecule has 0 atom stereocenters. The normalized spacial score (nSPS) is 16.3. The van der Waals surface area contributed by atoms with E-state index in [1.165, 1.54) is 6.20 Å². The molecule has 2 heterocycles. The van der Waals surface area contributed by atoms with Crippen molar-refractivity contribution in [1.29, 1.82) is 0 Å². The van der Waals surface area contributed by atoms with E-state index in [-0.39, 0.29) is 5.88 Å². The Morgan fingerprint density at radius 3 is 2.69 bits per heavy atom. The molecule has 0 saturated carbocycles. The van der Waals surface area contributed by atoms with E-state index in [0.717, 1.165) is 13.1 Å². The molecule has 5 nitrogen and oxygen atoms in total. The van der Waals surface area contributed by atoms with Gasteiger partial charge in [0.2, 0.25) is 5.88 Å². The van der Waals surface area contributed by atoms with E-state index in [4.69, 9.17) is 29.5 Å². The summed E-state index contributed by atoms with van der Waals surface area (Å²) in [5, 5.41) is 14.6. The highest BCUT2D eigenvalue weighted by molar-refractivity contribution is 7.80. The fourth-order valence-electron chi connectivity index (χ4n) is 1.22. The summed E-state index contributed by atoms with van der Waals surface area (Å²) in [7, 11) is 0. The number of aromatic amines is 1. The van der Waals surface area contributed by atoms with Crippen molar-refractivity contribution in [3.05, 3.63) is 11.0 Å². The summed E-state index contributed by atoms with van der Waals surface area (Å²) < 4.78 is 2.05. The van der Waals surface area contributed by atoms with Crippen LogP contribution in [-0.2, 0) is 0 Å². The van der Waals surface area contributed by atoms with Gasteiger partial charge in [0.15, 0.2) is 9.88 Å². The van der Waals surface area contributed by atoms with E-state index < -0.39 is 0 Å². The molecule has 1 saturated heterocycles. The standard InChI is InChI=1S/C6H8N4OS2/c11-4-3-10(6(13)8-4)9-2-1-7-5(9)12/h3,11H,1-2H2,(H,7,12)(H,8,13). The van der Waals surface area contributed by atoms with Gasteiger partial charge in [-0.1, -0.05) is 0 Å². The second kappa shape index (κ2) is 3.00. The highest BCUT2D eigenvalue weighted by atomic mass is 32.1. The first-order valence-electron chi connectivity index (χ1n) is 3.75. The molecule has 1 fully saturated rings. The van der Waals surface area contributed by atoms with Gasteiger partial charge in [-0.3, -0.25) is 5.01 Å². The van der Waals surface area contributed by atoms with Crippen molar-refractivity contribution in [2.45, 2.75) is 0 Å². The lowest BCUT2D eigenvalue weighted by Crippen LogP contribution is -2.37. The third-order valence-electron chi connectivity index (χ3n) is 1.78. The minimum atomic E-state index is 0.0414. The van der Waals surface area contributed by atoms with Crippen molar-refractivity contribution in [1.82, 2.24) is 15.0 Å². The van der Waals surface area contributed by atoms with Gasteiger partial charge in [0.1, 0.15) is 0 Å². The zero-order chi connectivity index (χ0) is 9.42. The van der Waals surface area contributed by atoms with Gasteiger partial charge in [0.25, 0.3) is 0 Å². The molecule has 70 valence electrons. The number of aromatic hydroxyl groups is 1. The topological polar surface area (TPSA) is 56.2 Å². The molecule has 13 heavy (non-hydrogen) atoms. The fraction of sp³-hybridized carbons (Fsp3) is 0.333. The molecule has 1 aromatic heterocycles. The molecule has 0 aromatic carbocycles. The summed E-state index contributed by atoms with van der Waals surface area (Å²) >= 11 is 10.0. The van der Waals surface area contributed by atoms with Crippen molar-refractivity contribution in [3.8, 4) is 5.88 Å². The first-order chi connectivity index (χ1) is 6.18. The maximum Gasteiger partial charge on any atom is 0.209 e. The summed E-state index contributed by atoms with van der Waals surface area (Å²) in [6, 6.07) is 0. The van der Waals surface area contributed by atoms with Gasteiger partial charge in [-0.2, -0.15) is 0 Å². The predicted octanol–water partition coefficient (Wildman–Crippen LogP) is 0.0774. The number of imidazole rings is 1. The highest BCUT2D eigenvalue weighted by Gasteiger charge is 2.18. The van der Waals surface area contributed by atoms with E-state index in [0.29, 0.717) is 9.88 Å². The number of hydrogen-bond donors (Lipinski definition) is 3. The lowest BCUT2D eigenvalue weighted by atomic mass is 10.7. The first-order valence-corrected chi connectivity index (χ1v) is 4.56. The molecule has 0 spiro atoms. The zero-order valence-corrected chi connectivity index (χ0v) is 8.28. The Bertz CT molecular complexity index is 396. The van der Waals surface area contributed by atoms with Gasteiger partial charge in [-0.15, -0.1) is 0 Å². The Morgan fingerprint density at radius 2 is 2.23 bits per heavy atom. The zero-order valence-electron chi connectivity index (χ0n) is 6.65. The van der Waals surface area contributed by atoms with Gasteiger partial charge >= 0.3 is 0 Å². The summed E-state index contributed by atoms with van der Waals surface area (Å²) in [5.74, 6) is 0.0414. The van der Waals surface area contributed by atoms with Crippen molar-refractivity contribution in [2.24, 2.45) is 0 Å². The van der Waals surface area contributed by atoms with E-state index in [1.54, 1.807) is 9.69 Å². The molecule has 3 N–H and O–H groups in total. The third-order valence-corrected chi connectivity index (χ3v) is 2.43. The van der Waals surface area contributed by atoms with E-state index >= 15 is 0 Å². The molecular formula is C6H8N4OS2. The molecule has 0 bridgehead atoms. The summed E-state index contributed by atoms with van der Waals surface area (Å²) in [4.78, 5) is 2.61. The number of H-pyrrole nitrogens is 1. The van der Waals surface area contributed by atoms with Crippen molar-refractivity contribution in [2.75, 3.05) is 18.1 Å². The quantitative estimate of drug-likeness (QED) is 0.580. The maximum absolute atomic E-state index is 9.15. The molecule has 1 aromatic rings. The van der Waals surface area contributed by atoms with Crippen LogP contribution in [0.5, 0.6) is 5.88 Å². The minimum Gasteiger partial charge on any atom is -0.493 e. The number of nitrogens with zero attached hydrogens (tertiary/aromatic N) is 2. The Labute approximate surface area is 85.0 Å². The van der Waals surface area contributed by atoms with Gasteiger partial charge < -0.3 is 15.4 Å². The average Bonchev–Trinajstić information content (AvgIpc) is 2.58. The first kappa shape index (κ1) is 8.52. The summed E-state index contributed by atoms with van der Waals surface area (Å²) in [5.41, 5.74) is 0. The molecule has 1 aliphatic rings. The van der Waals surface area contributed by atoms with Crippen molar-refractivity contribution >= 4 is 29.5 Å². The second-order valence-corrected chi connectivity index (χ2v) is 3.42. The lowest BCUT2D eigenvalue weighted by molar-refractivity contribution is 0.455. The molecule has 2 rings (SSSR count). The number of hydrogen-bond acceptors (Lipinski definition) is 3. The van der Waals surface area contributed by atoms with Crippen LogP contribution >= 0.6 is 24.4 Å². The Balaban J connectivity index is 2.39. The monoisotopic (exact) mass is 216 g/mol. The Kier molecular flexibility index (Phi) is 1.97. The predicted molar refractivity (Wildman–Crippen MR) is 55.0 cm³/mol. The van der Waals surface area contributed by atoms with Crippen LogP contribution in [0.2, 0.25) is 0 Å². The summed E-state index contributed by atoms with van der Waals surface area (Å²) in [6.45, 7) is 1.55. The van der Waals surface area contributed by atoms with Gasteiger partial charge in [-0.25, -0.2) is 4.68 Å². The van der Waals surface area contributed by atoms with Crippen LogP contribution in [0.15, 0.2) is 6.20 Å². The van der Waals surface area contributed by atoms with E-state index in [9.17, 15) is 0 Å². The lowest BCUT2D eigenvalue weighted by Gasteiger charge is -2.16. The van der Waals surface area contributed by atoms with Crippen LogP contribution in [0.3, 0.4) is 0 Å². The van der Waals surface area contributed by atoms with Crippen LogP contribution in [0.25, 0.3) is 0 Å². The van der Waals surface area contributed by atoms with Crippen LogP contribution in [0.4, 0.5) is 0 Å². The number of thiocarbonyl (C=S) groups is 1. The Hall–Kier alpha value is -1.08. The number of aromatic nitrogens is 2. The Morgan fingerprint density at radius 1 is 1.46 bits per heavy atom. The van der Waals surface area contributed by atoms with E-state index in [2.05, 4.69) is 10.3 Å². The molecule has 7 heteroatoms. The molecule has 1 aliphatic heterocycles. The maximum atomic E-state index is 9.15. The smallest absolute Gasteiger partial charge is 0.209 e. The minimum absolute atomic E-state index is 0.0414. The average molecular weight is 216 g/mol. The second-order valence-electron chi connectivity index (χ2n) is 2.64. The number of nitrogens with one attached hydrogen (secondary N) is 2. The van der Waals surface area contributed by atoms with Crippen molar-refractivity contribution < 1.29 is 5.11 Å². The third kappa shape index (κ3) is 1.40. The van der Waals surface area contributed by atoms with Crippen molar-refractivity contribution in [3.63, 3.8) is 0 Å². The van der Waals surface area contributed by atoms with Crippen LogP contribution in [0.1, 0.15) is 0 Å². The van der Waals surface area contributed by atoms with Crippen LogP contribution in [-0.4, -0.2) is 33.0 Å². The molecule has 0 unspecified atom stereocenters. The number of rotatable bonds is 1. The molecule has 0 aliphatic carbocycles. The molecule has 0 amide bonds. The largest absolute Gasteiger partial charge is 0.493 e. The van der Waals surface area contributed by atoms with Gasteiger partial charge in [0.05, 0.1) is 12.7 Å². The van der Waals surface area contributed by atoms with Crippen LogP contribution in [0, 0.1) is 4.77 Å².